The van der Waals surface area contributed by atoms with Crippen molar-refractivity contribution in [2.45, 2.75) is 31.3 Å². The van der Waals surface area contributed by atoms with E-state index in [1.54, 1.807) is 0 Å². The Balaban J connectivity index is 2.00. The minimum Gasteiger partial charge on any atom is -0.302 e. The normalized spacial score (nSPS) is 17.3. The van der Waals surface area contributed by atoms with Crippen LogP contribution in [0.3, 0.4) is 0 Å². The van der Waals surface area contributed by atoms with Crippen molar-refractivity contribution in [3.05, 3.63) is 21.9 Å². The summed E-state index contributed by atoms with van der Waals surface area (Å²) in [6.45, 7) is 1.81. The summed E-state index contributed by atoms with van der Waals surface area (Å²) in [5, 5.41) is 1.94. The Hall–Kier alpha value is -0.950. The van der Waals surface area contributed by atoms with Crippen LogP contribution in [0.5, 0.6) is 0 Å². The smallest absolute Gasteiger partial charge is 0.275 e. The molecule has 1 saturated carbocycles. The summed E-state index contributed by atoms with van der Waals surface area (Å²) in [5.41, 5.74) is 3.57. The summed E-state index contributed by atoms with van der Waals surface area (Å²) in [6, 6.07) is 2.01. The topological polar surface area (TPSA) is 61.6 Å². The highest BCUT2D eigenvalue weighted by Crippen LogP contribution is 2.37. The molecule has 112 valence electrons. The lowest BCUT2D eigenvalue weighted by Crippen LogP contribution is -2.56. The van der Waals surface area contributed by atoms with Crippen LogP contribution in [0.25, 0.3) is 0 Å². The van der Waals surface area contributed by atoms with Crippen molar-refractivity contribution < 1.29 is 4.79 Å². The van der Waals surface area contributed by atoms with Gasteiger partial charge in [-0.1, -0.05) is 0 Å². The number of hydrazine groups is 1. The van der Waals surface area contributed by atoms with E-state index < -0.39 is 0 Å². The van der Waals surface area contributed by atoms with E-state index in [1.807, 2.05) is 11.4 Å². The number of hydrogen-bond acceptors (Lipinski definition) is 5. The SMILES string of the molecule is CN(Cc1ccsc1C(=O)NN)CC1(N(C)C)CCC1. The fourth-order valence-electron chi connectivity index (χ4n) is 2.91. The van der Waals surface area contributed by atoms with Gasteiger partial charge in [0.2, 0.25) is 0 Å². The van der Waals surface area contributed by atoms with Crippen LogP contribution >= 0.6 is 11.3 Å². The maximum absolute atomic E-state index is 11.7. The third kappa shape index (κ3) is 3.03. The van der Waals surface area contributed by atoms with Gasteiger partial charge in [0.15, 0.2) is 0 Å². The zero-order valence-corrected chi connectivity index (χ0v) is 13.3. The van der Waals surface area contributed by atoms with E-state index in [0.29, 0.717) is 10.4 Å². The molecule has 2 rings (SSSR count). The number of nitrogens with one attached hydrogen (secondary N) is 1. The molecule has 6 heteroatoms. The van der Waals surface area contributed by atoms with Crippen molar-refractivity contribution in [2.75, 3.05) is 27.7 Å². The molecule has 0 aliphatic heterocycles. The van der Waals surface area contributed by atoms with Crippen LogP contribution in [-0.2, 0) is 6.54 Å². The number of nitrogens with zero attached hydrogens (tertiary/aromatic N) is 2. The number of nitrogens with two attached hydrogens (primary N) is 1. The molecule has 1 aromatic heterocycles. The Morgan fingerprint density at radius 3 is 2.65 bits per heavy atom. The molecule has 20 heavy (non-hydrogen) atoms. The van der Waals surface area contributed by atoms with Crippen molar-refractivity contribution in [1.82, 2.24) is 15.2 Å². The molecule has 1 heterocycles. The Bertz CT molecular complexity index is 467. The van der Waals surface area contributed by atoms with Gasteiger partial charge in [-0.3, -0.25) is 10.2 Å². The monoisotopic (exact) mass is 296 g/mol. The molecule has 0 saturated heterocycles. The first kappa shape index (κ1) is 15.4. The van der Waals surface area contributed by atoms with E-state index in [2.05, 4.69) is 36.4 Å². The Labute approximate surface area is 124 Å². The molecule has 1 fully saturated rings. The maximum Gasteiger partial charge on any atom is 0.275 e. The van der Waals surface area contributed by atoms with E-state index >= 15 is 0 Å². The molecule has 0 radical (unpaired) electrons. The summed E-state index contributed by atoms with van der Waals surface area (Å²) in [7, 11) is 6.43. The lowest BCUT2D eigenvalue weighted by atomic mass is 9.75. The molecular weight excluding hydrogens is 272 g/mol. The van der Waals surface area contributed by atoms with Crippen molar-refractivity contribution in [3.8, 4) is 0 Å². The zero-order valence-electron chi connectivity index (χ0n) is 12.5. The van der Waals surface area contributed by atoms with Crippen molar-refractivity contribution in [3.63, 3.8) is 0 Å². The number of thiophene rings is 1. The number of rotatable bonds is 6. The van der Waals surface area contributed by atoms with Crippen LogP contribution in [0.15, 0.2) is 11.4 Å². The molecule has 0 bridgehead atoms. The van der Waals surface area contributed by atoms with Gasteiger partial charge >= 0.3 is 0 Å². The molecule has 3 N–H and O–H groups in total. The highest BCUT2D eigenvalue weighted by Gasteiger charge is 2.39. The standard InChI is InChI=1S/C14H24N4OS/c1-17(2)14(6-4-7-14)10-18(3)9-11-5-8-20-12(11)13(19)16-15/h5,8H,4,6-7,9-10,15H2,1-3H3,(H,16,19). The Kier molecular flexibility index (Phi) is 4.80. The van der Waals surface area contributed by atoms with Gasteiger partial charge in [0, 0.05) is 18.6 Å². The summed E-state index contributed by atoms with van der Waals surface area (Å²) < 4.78 is 0. The predicted molar refractivity (Wildman–Crippen MR) is 82.6 cm³/mol. The average Bonchev–Trinajstić information content (AvgIpc) is 2.80. The van der Waals surface area contributed by atoms with Gasteiger partial charge < -0.3 is 9.80 Å². The molecule has 1 aliphatic carbocycles. The van der Waals surface area contributed by atoms with Crippen LogP contribution in [0.4, 0.5) is 0 Å². The van der Waals surface area contributed by atoms with Crippen LogP contribution in [0, 0.1) is 0 Å². The number of nitrogen functional groups attached to an aromatic ring is 1. The largest absolute Gasteiger partial charge is 0.302 e. The van der Waals surface area contributed by atoms with Crippen molar-refractivity contribution in [2.24, 2.45) is 5.84 Å². The van der Waals surface area contributed by atoms with Gasteiger partial charge in [-0.05, 0) is 57.4 Å². The highest BCUT2D eigenvalue weighted by molar-refractivity contribution is 7.12. The summed E-state index contributed by atoms with van der Waals surface area (Å²) in [4.78, 5) is 17.0. The Morgan fingerprint density at radius 1 is 1.45 bits per heavy atom. The van der Waals surface area contributed by atoms with E-state index in [9.17, 15) is 4.79 Å². The molecule has 1 amide bonds. The summed E-state index contributed by atoms with van der Waals surface area (Å²) in [6.07, 6.45) is 3.82. The molecule has 0 aromatic carbocycles. The minimum atomic E-state index is -0.200. The lowest BCUT2D eigenvalue weighted by molar-refractivity contribution is 0.0259. The van der Waals surface area contributed by atoms with Gasteiger partial charge in [0.1, 0.15) is 0 Å². The van der Waals surface area contributed by atoms with E-state index in [-0.39, 0.29) is 5.91 Å². The number of likely N-dealkylation sites (N-methyl/N-ethyl adjacent to an activating group) is 2. The lowest BCUT2D eigenvalue weighted by Gasteiger charge is -2.49. The zero-order chi connectivity index (χ0) is 14.8. The van der Waals surface area contributed by atoms with Gasteiger partial charge in [0.05, 0.1) is 4.88 Å². The van der Waals surface area contributed by atoms with Crippen molar-refractivity contribution >= 4 is 17.2 Å². The summed E-state index contributed by atoms with van der Waals surface area (Å²) in [5.74, 6) is 5.02. The van der Waals surface area contributed by atoms with Gasteiger partial charge in [0.25, 0.3) is 5.91 Å². The number of carbonyl (C=O) groups is 1. The first-order valence-electron chi connectivity index (χ1n) is 6.92. The second kappa shape index (κ2) is 6.22. The Morgan fingerprint density at radius 2 is 2.15 bits per heavy atom. The fraction of sp³-hybridized carbons (Fsp3) is 0.643. The molecular formula is C14H24N4OS. The average molecular weight is 296 g/mol. The first-order chi connectivity index (χ1) is 9.48. The molecule has 0 atom stereocenters. The molecule has 1 aliphatic rings. The first-order valence-corrected chi connectivity index (χ1v) is 7.80. The third-order valence-corrected chi connectivity index (χ3v) is 5.28. The molecule has 0 spiro atoms. The van der Waals surface area contributed by atoms with Crippen LogP contribution in [0.1, 0.15) is 34.5 Å². The molecule has 5 nitrogen and oxygen atoms in total. The quantitative estimate of drug-likeness (QED) is 0.471. The van der Waals surface area contributed by atoms with E-state index in [0.717, 1.165) is 18.7 Å². The van der Waals surface area contributed by atoms with Crippen LogP contribution in [0.2, 0.25) is 0 Å². The van der Waals surface area contributed by atoms with Crippen LogP contribution in [-0.4, -0.2) is 48.9 Å². The molecule has 0 unspecified atom stereocenters. The van der Waals surface area contributed by atoms with Gasteiger partial charge in [-0.2, -0.15) is 0 Å². The van der Waals surface area contributed by atoms with Gasteiger partial charge in [-0.15, -0.1) is 11.3 Å². The second-order valence-electron chi connectivity index (χ2n) is 5.89. The second-order valence-corrected chi connectivity index (χ2v) is 6.81. The fourth-order valence-corrected chi connectivity index (χ4v) is 3.72. The van der Waals surface area contributed by atoms with E-state index in [1.165, 1.54) is 30.6 Å². The number of carbonyl (C=O) groups excluding carboxylic acids is 1. The maximum atomic E-state index is 11.7. The number of amides is 1. The van der Waals surface area contributed by atoms with Gasteiger partial charge in [-0.25, -0.2) is 5.84 Å². The van der Waals surface area contributed by atoms with Crippen LogP contribution < -0.4 is 11.3 Å². The highest BCUT2D eigenvalue weighted by atomic mass is 32.1. The predicted octanol–water partition coefficient (Wildman–Crippen LogP) is 1.27. The van der Waals surface area contributed by atoms with Crippen molar-refractivity contribution in [1.29, 1.82) is 0 Å². The van der Waals surface area contributed by atoms with E-state index in [4.69, 9.17) is 5.84 Å². The molecule has 1 aromatic rings. The summed E-state index contributed by atoms with van der Waals surface area (Å²) >= 11 is 1.44. The minimum absolute atomic E-state index is 0.200. The third-order valence-electron chi connectivity index (χ3n) is 4.32. The number of hydrogen-bond donors (Lipinski definition) is 2.